The number of unbranched alkanes of at least 4 members (excludes halogenated alkanes) is 1. The van der Waals surface area contributed by atoms with Gasteiger partial charge in [0.15, 0.2) is 0 Å². The predicted molar refractivity (Wildman–Crippen MR) is 62.7 cm³/mol. The zero-order valence-electron chi connectivity index (χ0n) is 9.12. The van der Waals surface area contributed by atoms with E-state index in [-0.39, 0.29) is 12.5 Å². The van der Waals surface area contributed by atoms with Crippen LogP contribution in [0.15, 0.2) is 24.3 Å². The Balaban J connectivity index is 2.52. The molecule has 0 aliphatic carbocycles. The van der Waals surface area contributed by atoms with Crippen LogP contribution in [0.5, 0.6) is 0 Å². The molecule has 0 heterocycles. The average molecular weight is 206 g/mol. The number of carbonyl (C=O) groups is 1. The Morgan fingerprint density at radius 3 is 2.53 bits per heavy atom. The summed E-state index contributed by atoms with van der Waals surface area (Å²) in [6.45, 7) is 2.20. The average Bonchev–Trinajstić information content (AvgIpc) is 2.28. The summed E-state index contributed by atoms with van der Waals surface area (Å²) in [7, 11) is 0. The lowest BCUT2D eigenvalue weighted by molar-refractivity contribution is -0.114. The van der Waals surface area contributed by atoms with E-state index in [0.29, 0.717) is 0 Å². The Morgan fingerprint density at radius 1 is 1.33 bits per heavy atom. The van der Waals surface area contributed by atoms with Crippen LogP contribution in [0.1, 0.15) is 25.3 Å². The molecule has 0 fully saturated rings. The SMILES string of the molecule is CCCCc1ccc(NC(=O)CN)cc1. The molecule has 0 spiro atoms. The minimum absolute atomic E-state index is 0.0254. The Hall–Kier alpha value is -1.35. The maximum absolute atomic E-state index is 11.0. The van der Waals surface area contributed by atoms with Crippen molar-refractivity contribution in [2.45, 2.75) is 26.2 Å². The van der Waals surface area contributed by atoms with E-state index in [0.717, 1.165) is 12.1 Å². The van der Waals surface area contributed by atoms with Crippen molar-refractivity contribution in [1.29, 1.82) is 0 Å². The lowest BCUT2D eigenvalue weighted by Crippen LogP contribution is -2.21. The summed E-state index contributed by atoms with van der Waals surface area (Å²) in [6, 6.07) is 7.92. The van der Waals surface area contributed by atoms with Crippen LogP contribution in [0.4, 0.5) is 5.69 Å². The van der Waals surface area contributed by atoms with E-state index in [1.54, 1.807) is 0 Å². The summed E-state index contributed by atoms with van der Waals surface area (Å²) in [5.41, 5.74) is 7.32. The second kappa shape index (κ2) is 6.19. The van der Waals surface area contributed by atoms with Crippen molar-refractivity contribution in [2.24, 2.45) is 5.73 Å². The van der Waals surface area contributed by atoms with Gasteiger partial charge < -0.3 is 11.1 Å². The largest absolute Gasteiger partial charge is 0.325 e. The number of carbonyl (C=O) groups excluding carboxylic acids is 1. The van der Waals surface area contributed by atoms with E-state index in [1.807, 2.05) is 24.3 Å². The maximum Gasteiger partial charge on any atom is 0.238 e. The molecule has 15 heavy (non-hydrogen) atoms. The number of nitrogens with two attached hydrogens (primary N) is 1. The first-order valence-corrected chi connectivity index (χ1v) is 5.35. The molecule has 1 aromatic carbocycles. The summed E-state index contributed by atoms with van der Waals surface area (Å²) in [5.74, 6) is -0.156. The Kier molecular flexibility index (Phi) is 4.84. The van der Waals surface area contributed by atoms with Gasteiger partial charge in [-0.1, -0.05) is 25.5 Å². The highest BCUT2D eigenvalue weighted by Gasteiger charge is 1.98. The minimum Gasteiger partial charge on any atom is -0.325 e. The molecule has 1 amide bonds. The standard InChI is InChI=1S/C12H18N2O/c1-2-3-4-10-5-7-11(8-6-10)14-12(15)9-13/h5-8H,2-4,9,13H2,1H3,(H,14,15). The van der Waals surface area contributed by atoms with E-state index in [1.165, 1.54) is 18.4 Å². The van der Waals surface area contributed by atoms with E-state index in [9.17, 15) is 4.79 Å². The molecule has 0 unspecified atom stereocenters. The van der Waals surface area contributed by atoms with Crippen LogP contribution >= 0.6 is 0 Å². The molecule has 0 saturated heterocycles. The Bertz CT molecular complexity index is 306. The van der Waals surface area contributed by atoms with Gasteiger partial charge in [-0.05, 0) is 30.5 Å². The molecule has 0 aliphatic heterocycles. The lowest BCUT2D eigenvalue weighted by Gasteiger charge is -2.04. The fraction of sp³-hybridized carbons (Fsp3) is 0.417. The second-order valence-corrected chi connectivity index (χ2v) is 3.55. The summed E-state index contributed by atoms with van der Waals surface area (Å²) in [5, 5.41) is 2.71. The van der Waals surface area contributed by atoms with Gasteiger partial charge in [-0.25, -0.2) is 0 Å². The summed E-state index contributed by atoms with van der Waals surface area (Å²) >= 11 is 0. The van der Waals surface area contributed by atoms with E-state index >= 15 is 0 Å². The fourth-order valence-corrected chi connectivity index (χ4v) is 1.35. The van der Waals surface area contributed by atoms with Crippen LogP contribution in [-0.2, 0) is 11.2 Å². The Labute approximate surface area is 90.7 Å². The van der Waals surface area contributed by atoms with Gasteiger partial charge in [0.2, 0.25) is 5.91 Å². The highest BCUT2D eigenvalue weighted by atomic mass is 16.1. The van der Waals surface area contributed by atoms with Crippen molar-refractivity contribution in [3.05, 3.63) is 29.8 Å². The van der Waals surface area contributed by atoms with Gasteiger partial charge in [0.1, 0.15) is 0 Å². The highest BCUT2D eigenvalue weighted by molar-refractivity contribution is 5.92. The molecule has 3 nitrogen and oxygen atoms in total. The first-order chi connectivity index (χ1) is 7.26. The minimum atomic E-state index is -0.156. The first-order valence-electron chi connectivity index (χ1n) is 5.35. The number of nitrogens with one attached hydrogen (secondary N) is 1. The maximum atomic E-state index is 11.0. The molecular formula is C12H18N2O. The molecule has 3 heteroatoms. The van der Waals surface area contributed by atoms with Crippen LogP contribution in [0, 0.1) is 0 Å². The van der Waals surface area contributed by atoms with Gasteiger partial charge in [0.25, 0.3) is 0 Å². The third-order valence-electron chi connectivity index (χ3n) is 2.24. The predicted octanol–water partition coefficient (Wildman–Crippen LogP) is 1.93. The van der Waals surface area contributed by atoms with Gasteiger partial charge in [0.05, 0.1) is 6.54 Å². The topological polar surface area (TPSA) is 55.1 Å². The lowest BCUT2D eigenvalue weighted by atomic mass is 10.1. The number of hydrogen-bond acceptors (Lipinski definition) is 2. The summed E-state index contributed by atoms with van der Waals surface area (Å²) in [4.78, 5) is 11.0. The fourth-order valence-electron chi connectivity index (χ4n) is 1.35. The molecule has 0 atom stereocenters. The molecule has 0 radical (unpaired) electrons. The molecule has 0 saturated carbocycles. The van der Waals surface area contributed by atoms with Gasteiger partial charge >= 0.3 is 0 Å². The molecule has 82 valence electrons. The van der Waals surface area contributed by atoms with Crippen molar-refractivity contribution in [1.82, 2.24) is 0 Å². The van der Waals surface area contributed by atoms with Crippen molar-refractivity contribution in [2.75, 3.05) is 11.9 Å². The smallest absolute Gasteiger partial charge is 0.238 e. The zero-order chi connectivity index (χ0) is 11.1. The number of aryl methyl sites for hydroxylation is 1. The van der Waals surface area contributed by atoms with E-state index in [2.05, 4.69) is 12.2 Å². The summed E-state index contributed by atoms with van der Waals surface area (Å²) < 4.78 is 0. The first kappa shape index (κ1) is 11.7. The van der Waals surface area contributed by atoms with Crippen molar-refractivity contribution >= 4 is 11.6 Å². The van der Waals surface area contributed by atoms with Crippen molar-refractivity contribution in [3.8, 4) is 0 Å². The highest BCUT2D eigenvalue weighted by Crippen LogP contribution is 2.11. The summed E-state index contributed by atoms with van der Waals surface area (Å²) in [6.07, 6.45) is 3.50. The molecule has 1 aromatic rings. The number of hydrogen-bond donors (Lipinski definition) is 2. The molecular weight excluding hydrogens is 188 g/mol. The van der Waals surface area contributed by atoms with E-state index < -0.39 is 0 Å². The van der Waals surface area contributed by atoms with Gasteiger partial charge in [-0.3, -0.25) is 4.79 Å². The van der Waals surface area contributed by atoms with Gasteiger partial charge in [-0.2, -0.15) is 0 Å². The van der Waals surface area contributed by atoms with Crippen LogP contribution in [0.25, 0.3) is 0 Å². The monoisotopic (exact) mass is 206 g/mol. The van der Waals surface area contributed by atoms with Crippen LogP contribution in [0.3, 0.4) is 0 Å². The van der Waals surface area contributed by atoms with E-state index in [4.69, 9.17) is 5.73 Å². The molecule has 0 bridgehead atoms. The van der Waals surface area contributed by atoms with Crippen molar-refractivity contribution < 1.29 is 4.79 Å². The number of amides is 1. The van der Waals surface area contributed by atoms with Crippen LogP contribution in [0.2, 0.25) is 0 Å². The van der Waals surface area contributed by atoms with Gasteiger partial charge in [0, 0.05) is 5.69 Å². The number of rotatable bonds is 5. The van der Waals surface area contributed by atoms with Crippen molar-refractivity contribution in [3.63, 3.8) is 0 Å². The second-order valence-electron chi connectivity index (χ2n) is 3.55. The normalized spacial score (nSPS) is 10.0. The third kappa shape index (κ3) is 4.13. The number of anilines is 1. The Morgan fingerprint density at radius 2 is 2.00 bits per heavy atom. The zero-order valence-corrected chi connectivity index (χ0v) is 9.12. The van der Waals surface area contributed by atoms with Crippen LogP contribution < -0.4 is 11.1 Å². The molecule has 3 N–H and O–H groups in total. The van der Waals surface area contributed by atoms with Crippen LogP contribution in [-0.4, -0.2) is 12.5 Å². The molecule has 0 aromatic heterocycles. The third-order valence-corrected chi connectivity index (χ3v) is 2.24. The molecule has 1 rings (SSSR count). The quantitative estimate of drug-likeness (QED) is 0.773. The molecule has 0 aliphatic rings. The number of benzene rings is 1. The van der Waals surface area contributed by atoms with Gasteiger partial charge in [-0.15, -0.1) is 0 Å².